The molecule has 3 aromatic rings. The van der Waals surface area contributed by atoms with E-state index in [-0.39, 0.29) is 5.25 Å². The Morgan fingerprint density at radius 3 is 2.71 bits per heavy atom. The molecule has 2 aromatic heterocycles. The predicted octanol–water partition coefficient (Wildman–Crippen LogP) is 2.18. The fraction of sp³-hybridized carbons (Fsp3) is 0.316. The third kappa shape index (κ3) is 2.96. The second-order valence-electron chi connectivity index (χ2n) is 7.17. The first-order valence-corrected chi connectivity index (χ1v) is 10.8. The lowest BCUT2D eigenvalue weighted by Crippen LogP contribution is -2.37. The van der Waals surface area contributed by atoms with Crippen LogP contribution in [-0.4, -0.2) is 51.0 Å². The van der Waals surface area contributed by atoms with Gasteiger partial charge in [0.25, 0.3) is 0 Å². The summed E-state index contributed by atoms with van der Waals surface area (Å²) >= 11 is 0. The van der Waals surface area contributed by atoms with Gasteiger partial charge in [0.1, 0.15) is 5.69 Å². The van der Waals surface area contributed by atoms with Crippen LogP contribution < -0.4 is 5.73 Å². The van der Waals surface area contributed by atoms with E-state index in [2.05, 4.69) is 19.9 Å². The summed E-state index contributed by atoms with van der Waals surface area (Å²) in [5.74, 6) is 0.875. The molecular weight excluding hydrogens is 376 g/mol. The van der Waals surface area contributed by atoms with Gasteiger partial charge in [0, 0.05) is 13.1 Å². The Morgan fingerprint density at radius 1 is 1.18 bits per heavy atom. The normalized spacial score (nSPS) is 18.4. The molecule has 0 atom stereocenters. The Kier molecular flexibility index (Phi) is 3.95. The highest BCUT2D eigenvalue weighted by Gasteiger charge is 2.40. The van der Waals surface area contributed by atoms with Gasteiger partial charge in [0.15, 0.2) is 11.6 Å². The van der Waals surface area contributed by atoms with E-state index >= 15 is 0 Å². The van der Waals surface area contributed by atoms with Crippen molar-refractivity contribution >= 4 is 32.4 Å². The van der Waals surface area contributed by atoms with Crippen LogP contribution in [-0.2, 0) is 10.0 Å². The van der Waals surface area contributed by atoms with Gasteiger partial charge < -0.3 is 10.7 Å². The summed E-state index contributed by atoms with van der Waals surface area (Å²) in [7, 11) is -3.15. The van der Waals surface area contributed by atoms with Gasteiger partial charge in [-0.3, -0.25) is 0 Å². The topological polar surface area (TPSA) is 118 Å². The van der Waals surface area contributed by atoms with E-state index in [0.717, 1.165) is 29.4 Å². The highest BCUT2D eigenvalue weighted by atomic mass is 32.2. The van der Waals surface area contributed by atoms with E-state index < -0.39 is 10.0 Å². The number of benzene rings is 1. The molecule has 3 heterocycles. The molecular formula is C19H20N6O2S. The second kappa shape index (κ2) is 6.39. The number of rotatable bonds is 4. The maximum Gasteiger partial charge on any atom is 0.217 e. The van der Waals surface area contributed by atoms with Crippen LogP contribution in [0.2, 0.25) is 0 Å². The number of imidazole rings is 1. The molecule has 0 spiro atoms. The van der Waals surface area contributed by atoms with Gasteiger partial charge in [-0.15, -0.1) is 0 Å². The standard InChI is InChI=1S/C19H20N6O2S/c20-18-17(19-23-14-3-1-2-4-15(14)24-19)22-16(11-21-18)12-7-9-25(10-8-12)28(26,27)13-5-6-13/h1-4,7,11,13H,5-6,8-10H2,(H2,20,21)(H,23,24). The Bertz CT molecular complexity index is 1160. The molecule has 1 aliphatic carbocycles. The van der Waals surface area contributed by atoms with Crippen molar-refractivity contribution in [1.29, 1.82) is 0 Å². The minimum absolute atomic E-state index is 0.182. The van der Waals surface area contributed by atoms with Gasteiger partial charge in [0.2, 0.25) is 10.0 Å². The molecule has 1 aliphatic heterocycles. The van der Waals surface area contributed by atoms with Crippen molar-refractivity contribution in [3.63, 3.8) is 0 Å². The van der Waals surface area contributed by atoms with Gasteiger partial charge in [0.05, 0.1) is 28.2 Å². The quantitative estimate of drug-likeness (QED) is 0.698. The molecule has 1 aromatic carbocycles. The Morgan fingerprint density at radius 2 is 2.00 bits per heavy atom. The summed E-state index contributed by atoms with van der Waals surface area (Å²) in [6.07, 6.45) is 5.72. The van der Waals surface area contributed by atoms with Crippen LogP contribution in [0.25, 0.3) is 28.1 Å². The van der Waals surface area contributed by atoms with E-state index in [1.807, 2.05) is 30.3 Å². The molecule has 1 saturated carbocycles. The number of hydrogen-bond donors (Lipinski definition) is 2. The molecule has 3 N–H and O–H groups in total. The number of nitrogens with zero attached hydrogens (tertiary/aromatic N) is 4. The molecule has 0 saturated heterocycles. The monoisotopic (exact) mass is 396 g/mol. The van der Waals surface area contributed by atoms with E-state index in [9.17, 15) is 8.42 Å². The zero-order valence-electron chi connectivity index (χ0n) is 15.2. The average molecular weight is 396 g/mol. The lowest BCUT2D eigenvalue weighted by Gasteiger charge is -2.25. The van der Waals surface area contributed by atoms with E-state index in [1.54, 1.807) is 10.5 Å². The van der Waals surface area contributed by atoms with Gasteiger partial charge in [-0.05, 0) is 37.0 Å². The first-order valence-electron chi connectivity index (χ1n) is 9.28. The van der Waals surface area contributed by atoms with Gasteiger partial charge >= 0.3 is 0 Å². The highest BCUT2D eigenvalue weighted by Crippen LogP contribution is 2.33. The van der Waals surface area contributed by atoms with Crippen molar-refractivity contribution in [2.75, 3.05) is 18.8 Å². The van der Waals surface area contributed by atoms with Gasteiger partial charge in [-0.2, -0.15) is 4.31 Å². The number of H-pyrrole nitrogens is 1. The largest absolute Gasteiger partial charge is 0.382 e. The zero-order valence-corrected chi connectivity index (χ0v) is 16.0. The van der Waals surface area contributed by atoms with Crippen molar-refractivity contribution in [3.05, 3.63) is 42.2 Å². The minimum atomic E-state index is -3.15. The van der Waals surface area contributed by atoms with Crippen LogP contribution in [0, 0.1) is 0 Å². The van der Waals surface area contributed by atoms with Gasteiger partial charge in [-0.25, -0.2) is 23.4 Å². The zero-order chi connectivity index (χ0) is 19.3. The highest BCUT2D eigenvalue weighted by molar-refractivity contribution is 7.90. The summed E-state index contributed by atoms with van der Waals surface area (Å²) in [6, 6.07) is 7.72. The molecule has 144 valence electrons. The average Bonchev–Trinajstić information content (AvgIpc) is 3.48. The van der Waals surface area contributed by atoms with E-state index in [1.165, 1.54) is 0 Å². The van der Waals surface area contributed by atoms with Crippen LogP contribution in [0.3, 0.4) is 0 Å². The Hall–Kier alpha value is -2.78. The number of nitrogens with two attached hydrogens (primary N) is 1. The van der Waals surface area contributed by atoms with E-state index in [0.29, 0.717) is 42.5 Å². The Balaban J connectivity index is 1.45. The molecule has 1 fully saturated rings. The first-order chi connectivity index (χ1) is 13.5. The van der Waals surface area contributed by atoms with E-state index in [4.69, 9.17) is 5.73 Å². The number of nitrogens with one attached hydrogen (secondary N) is 1. The lowest BCUT2D eigenvalue weighted by molar-refractivity contribution is 0.440. The number of fused-ring (bicyclic) bond motifs is 1. The van der Waals surface area contributed by atoms with Crippen molar-refractivity contribution in [3.8, 4) is 11.5 Å². The lowest BCUT2D eigenvalue weighted by atomic mass is 10.1. The smallest absolute Gasteiger partial charge is 0.217 e. The van der Waals surface area contributed by atoms with Crippen LogP contribution in [0.5, 0.6) is 0 Å². The molecule has 5 rings (SSSR count). The van der Waals surface area contributed by atoms with Crippen molar-refractivity contribution in [2.45, 2.75) is 24.5 Å². The number of hydrogen-bond acceptors (Lipinski definition) is 6. The number of para-hydroxylation sites is 2. The molecule has 0 unspecified atom stereocenters. The SMILES string of the molecule is Nc1ncc(C2=CCN(S(=O)(=O)C3CC3)CC2)nc1-c1nc2ccccc2[nH]1. The molecule has 0 amide bonds. The fourth-order valence-electron chi connectivity index (χ4n) is 3.48. The third-order valence-corrected chi connectivity index (χ3v) is 7.59. The van der Waals surface area contributed by atoms with Crippen molar-refractivity contribution in [1.82, 2.24) is 24.2 Å². The molecule has 8 nitrogen and oxygen atoms in total. The minimum Gasteiger partial charge on any atom is -0.382 e. The van der Waals surface area contributed by atoms with Crippen LogP contribution in [0.1, 0.15) is 25.0 Å². The maximum atomic E-state index is 12.4. The summed E-state index contributed by atoms with van der Waals surface area (Å²) in [4.78, 5) is 16.8. The summed E-state index contributed by atoms with van der Waals surface area (Å²) in [5.41, 5.74) is 9.97. The number of aromatic amines is 1. The number of nitrogen functional groups attached to an aromatic ring is 1. The first kappa shape index (κ1) is 17.3. The molecule has 0 radical (unpaired) electrons. The molecule has 0 bridgehead atoms. The van der Waals surface area contributed by atoms with Crippen LogP contribution in [0.15, 0.2) is 36.5 Å². The van der Waals surface area contributed by atoms with Crippen LogP contribution >= 0.6 is 0 Å². The maximum absolute atomic E-state index is 12.4. The summed E-state index contributed by atoms with van der Waals surface area (Å²) in [6.45, 7) is 0.844. The summed E-state index contributed by atoms with van der Waals surface area (Å²) < 4.78 is 26.4. The van der Waals surface area contributed by atoms with Crippen molar-refractivity contribution in [2.24, 2.45) is 0 Å². The van der Waals surface area contributed by atoms with Crippen molar-refractivity contribution < 1.29 is 8.42 Å². The Labute approximate surface area is 162 Å². The number of anilines is 1. The third-order valence-electron chi connectivity index (χ3n) is 5.22. The summed E-state index contributed by atoms with van der Waals surface area (Å²) in [5, 5.41) is -0.182. The molecule has 28 heavy (non-hydrogen) atoms. The molecule has 2 aliphatic rings. The molecule has 9 heteroatoms. The fourth-order valence-corrected chi connectivity index (χ4v) is 5.26. The van der Waals surface area contributed by atoms with Crippen LogP contribution in [0.4, 0.5) is 5.82 Å². The predicted molar refractivity (Wildman–Crippen MR) is 108 cm³/mol. The number of aromatic nitrogens is 4. The number of sulfonamides is 1. The second-order valence-corrected chi connectivity index (χ2v) is 9.39. The van der Waals surface area contributed by atoms with Gasteiger partial charge in [-0.1, -0.05) is 18.2 Å².